The zero-order chi connectivity index (χ0) is 13.2. The maximum atomic E-state index is 12.2. The predicted octanol–water partition coefficient (Wildman–Crippen LogP) is 0.966. The van der Waals surface area contributed by atoms with E-state index in [1.807, 2.05) is 13.8 Å². The van der Waals surface area contributed by atoms with Crippen LogP contribution in [0.5, 0.6) is 0 Å². The van der Waals surface area contributed by atoms with Gasteiger partial charge in [0.05, 0.1) is 11.7 Å². The Bertz CT molecular complexity index is 408. The molecule has 0 radical (unpaired) electrons. The topological polar surface area (TPSA) is 78.0 Å². The molecule has 3 N–H and O–H groups in total. The largest absolute Gasteiger partial charge is 0.396 e. The summed E-state index contributed by atoms with van der Waals surface area (Å²) in [6, 6.07) is 0. The number of carbonyl (C=O) groups is 1. The highest BCUT2D eigenvalue weighted by Gasteiger charge is 2.43. The smallest absolute Gasteiger partial charge is 0.231 e. The van der Waals surface area contributed by atoms with Crippen LogP contribution in [0.2, 0.25) is 0 Å². The number of aliphatic hydroxyl groups is 1. The first-order chi connectivity index (χ1) is 8.50. The number of carbonyl (C=O) groups excluding carboxylic acids is 1. The number of hydrogen-bond donors (Lipinski definition) is 3. The Morgan fingerprint density at radius 2 is 2.33 bits per heavy atom. The van der Waals surface area contributed by atoms with E-state index < -0.39 is 5.41 Å². The van der Waals surface area contributed by atoms with Crippen LogP contribution in [0, 0.1) is 5.41 Å². The van der Waals surface area contributed by atoms with E-state index in [9.17, 15) is 4.79 Å². The molecule has 0 aliphatic heterocycles. The van der Waals surface area contributed by atoms with Crippen LogP contribution in [0.1, 0.15) is 38.8 Å². The maximum absolute atomic E-state index is 12.2. The highest BCUT2D eigenvalue weighted by Crippen LogP contribution is 2.48. The molecule has 2 rings (SSSR count). The SMILES string of the molecule is CC(C)(C(=O)NCC1(CCO)CC1)c1cnc[nH]1. The molecule has 1 aromatic heterocycles. The highest BCUT2D eigenvalue weighted by molar-refractivity contribution is 5.86. The highest BCUT2D eigenvalue weighted by atomic mass is 16.3. The molecule has 1 aliphatic rings. The zero-order valence-electron chi connectivity index (χ0n) is 11.0. The van der Waals surface area contributed by atoms with E-state index in [1.165, 1.54) is 0 Å². The van der Waals surface area contributed by atoms with Gasteiger partial charge in [-0.1, -0.05) is 0 Å². The van der Waals surface area contributed by atoms with Gasteiger partial charge < -0.3 is 15.4 Å². The molecule has 0 spiro atoms. The van der Waals surface area contributed by atoms with Crippen molar-refractivity contribution in [1.29, 1.82) is 0 Å². The molecule has 0 aromatic carbocycles. The molecule has 0 unspecified atom stereocenters. The summed E-state index contributed by atoms with van der Waals surface area (Å²) < 4.78 is 0. The van der Waals surface area contributed by atoms with Crippen LogP contribution >= 0.6 is 0 Å². The second-order valence-electron chi connectivity index (χ2n) is 5.75. The normalized spacial score (nSPS) is 17.5. The van der Waals surface area contributed by atoms with Crippen LogP contribution in [0.3, 0.4) is 0 Å². The third-order valence-corrected chi connectivity index (χ3v) is 3.96. The summed E-state index contributed by atoms with van der Waals surface area (Å²) in [5, 5.41) is 12.0. The molecule has 5 nitrogen and oxygen atoms in total. The molecule has 1 amide bonds. The Labute approximate surface area is 107 Å². The van der Waals surface area contributed by atoms with Gasteiger partial charge in [0.15, 0.2) is 0 Å². The number of imidazole rings is 1. The third kappa shape index (κ3) is 2.56. The summed E-state index contributed by atoms with van der Waals surface area (Å²) in [6.45, 7) is 4.60. The average Bonchev–Trinajstić information content (AvgIpc) is 2.89. The lowest BCUT2D eigenvalue weighted by atomic mass is 9.88. The molecule has 1 aromatic rings. The molecule has 1 fully saturated rings. The van der Waals surface area contributed by atoms with E-state index in [2.05, 4.69) is 15.3 Å². The number of aromatic nitrogens is 2. The van der Waals surface area contributed by atoms with E-state index in [4.69, 9.17) is 5.11 Å². The molecule has 18 heavy (non-hydrogen) atoms. The van der Waals surface area contributed by atoms with Crippen molar-refractivity contribution in [1.82, 2.24) is 15.3 Å². The number of aliphatic hydroxyl groups excluding tert-OH is 1. The number of amides is 1. The van der Waals surface area contributed by atoms with Crippen molar-refractivity contribution in [3.63, 3.8) is 0 Å². The van der Waals surface area contributed by atoms with Crippen LogP contribution in [0.4, 0.5) is 0 Å². The van der Waals surface area contributed by atoms with Gasteiger partial charge in [-0.25, -0.2) is 4.98 Å². The third-order valence-electron chi connectivity index (χ3n) is 3.96. The van der Waals surface area contributed by atoms with Crippen molar-refractivity contribution < 1.29 is 9.90 Å². The van der Waals surface area contributed by atoms with Crippen molar-refractivity contribution in [3.8, 4) is 0 Å². The minimum atomic E-state index is -0.605. The Balaban J connectivity index is 1.92. The minimum absolute atomic E-state index is 0.00374. The lowest BCUT2D eigenvalue weighted by Gasteiger charge is -2.24. The number of nitrogens with one attached hydrogen (secondary N) is 2. The van der Waals surface area contributed by atoms with Gasteiger partial charge in [0.1, 0.15) is 0 Å². The van der Waals surface area contributed by atoms with E-state index >= 15 is 0 Å². The number of rotatable bonds is 6. The van der Waals surface area contributed by atoms with Gasteiger partial charge in [0.25, 0.3) is 0 Å². The molecule has 1 aliphatic carbocycles. The predicted molar refractivity (Wildman–Crippen MR) is 68.0 cm³/mol. The molecular weight excluding hydrogens is 230 g/mol. The summed E-state index contributed by atoms with van der Waals surface area (Å²) in [7, 11) is 0. The van der Waals surface area contributed by atoms with Crippen molar-refractivity contribution in [2.45, 2.75) is 38.5 Å². The van der Waals surface area contributed by atoms with E-state index in [-0.39, 0.29) is 17.9 Å². The van der Waals surface area contributed by atoms with Crippen molar-refractivity contribution in [2.75, 3.05) is 13.2 Å². The van der Waals surface area contributed by atoms with Crippen LogP contribution in [0.15, 0.2) is 12.5 Å². The molecule has 0 atom stereocenters. The number of aromatic amines is 1. The summed E-state index contributed by atoms with van der Waals surface area (Å²) in [5.74, 6) is -0.00374. The summed E-state index contributed by atoms with van der Waals surface area (Å²) >= 11 is 0. The lowest BCUT2D eigenvalue weighted by molar-refractivity contribution is -0.126. The van der Waals surface area contributed by atoms with E-state index in [1.54, 1.807) is 12.5 Å². The fourth-order valence-electron chi connectivity index (χ4n) is 2.14. The monoisotopic (exact) mass is 251 g/mol. The summed E-state index contributed by atoms with van der Waals surface area (Å²) in [5.41, 5.74) is 0.354. The van der Waals surface area contributed by atoms with Crippen LogP contribution in [-0.2, 0) is 10.2 Å². The van der Waals surface area contributed by atoms with Crippen LogP contribution in [-0.4, -0.2) is 34.1 Å². The van der Waals surface area contributed by atoms with Crippen LogP contribution < -0.4 is 5.32 Å². The molecular formula is C13H21N3O2. The number of H-pyrrole nitrogens is 1. The Kier molecular flexibility index (Phi) is 3.43. The maximum Gasteiger partial charge on any atom is 0.231 e. The van der Waals surface area contributed by atoms with Gasteiger partial charge in [-0.05, 0) is 38.5 Å². The molecule has 0 bridgehead atoms. The minimum Gasteiger partial charge on any atom is -0.396 e. The molecule has 1 heterocycles. The Hall–Kier alpha value is -1.36. The first kappa shape index (κ1) is 13.1. The molecule has 100 valence electrons. The molecule has 0 saturated heterocycles. The molecule has 1 saturated carbocycles. The fraction of sp³-hybridized carbons (Fsp3) is 0.692. The summed E-state index contributed by atoms with van der Waals surface area (Å²) in [6.07, 6.45) is 6.23. The standard InChI is InChI=1S/C13H21N3O2/c1-12(2,10-7-14-9-16-10)11(18)15-8-13(3-4-13)5-6-17/h7,9,17H,3-6,8H2,1-2H3,(H,14,16)(H,15,18). The van der Waals surface area contributed by atoms with Crippen LogP contribution in [0.25, 0.3) is 0 Å². The first-order valence-corrected chi connectivity index (χ1v) is 6.38. The zero-order valence-corrected chi connectivity index (χ0v) is 11.0. The fourth-order valence-corrected chi connectivity index (χ4v) is 2.14. The van der Waals surface area contributed by atoms with Gasteiger partial charge in [0.2, 0.25) is 5.91 Å². The Morgan fingerprint density at radius 3 is 2.83 bits per heavy atom. The lowest BCUT2D eigenvalue weighted by Crippen LogP contribution is -2.42. The second-order valence-corrected chi connectivity index (χ2v) is 5.75. The molecule has 5 heteroatoms. The van der Waals surface area contributed by atoms with Gasteiger partial charge >= 0.3 is 0 Å². The van der Waals surface area contributed by atoms with Gasteiger partial charge in [0, 0.05) is 25.0 Å². The number of nitrogens with zero attached hydrogens (tertiary/aromatic N) is 1. The first-order valence-electron chi connectivity index (χ1n) is 6.38. The van der Waals surface area contributed by atoms with Crippen molar-refractivity contribution in [2.24, 2.45) is 5.41 Å². The van der Waals surface area contributed by atoms with Crippen molar-refractivity contribution >= 4 is 5.91 Å². The van der Waals surface area contributed by atoms with E-state index in [0.717, 1.165) is 25.0 Å². The number of hydrogen-bond acceptors (Lipinski definition) is 3. The van der Waals surface area contributed by atoms with Gasteiger partial charge in [-0.15, -0.1) is 0 Å². The van der Waals surface area contributed by atoms with E-state index in [0.29, 0.717) is 6.54 Å². The van der Waals surface area contributed by atoms with Gasteiger partial charge in [-0.3, -0.25) is 4.79 Å². The average molecular weight is 251 g/mol. The van der Waals surface area contributed by atoms with Gasteiger partial charge in [-0.2, -0.15) is 0 Å². The second kappa shape index (κ2) is 4.72. The summed E-state index contributed by atoms with van der Waals surface area (Å²) in [4.78, 5) is 19.2. The quantitative estimate of drug-likeness (QED) is 0.705. The Morgan fingerprint density at radius 1 is 1.61 bits per heavy atom. The van der Waals surface area contributed by atoms with Crippen molar-refractivity contribution in [3.05, 3.63) is 18.2 Å².